The van der Waals surface area contributed by atoms with Gasteiger partial charge in [-0.3, -0.25) is 19.6 Å². The van der Waals surface area contributed by atoms with E-state index in [2.05, 4.69) is 29.8 Å². The summed E-state index contributed by atoms with van der Waals surface area (Å²) in [5, 5.41) is 0. The zero-order valence-corrected chi connectivity index (χ0v) is 19.7. The molecule has 2 aliphatic heterocycles. The van der Waals surface area contributed by atoms with Crippen LogP contribution in [0.2, 0.25) is 0 Å². The summed E-state index contributed by atoms with van der Waals surface area (Å²) < 4.78 is 0. The summed E-state index contributed by atoms with van der Waals surface area (Å²) in [5.41, 5.74) is 2.75. The third kappa shape index (κ3) is 5.17. The molecule has 1 spiro atoms. The van der Waals surface area contributed by atoms with Crippen LogP contribution in [0.4, 0.5) is 4.79 Å². The predicted molar refractivity (Wildman–Crippen MR) is 129 cm³/mol. The fraction of sp³-hybridized carbons (Fsp3) is 0.444. The van der Waals surface area contributed by atoms with E-state index in [9.17, 15) is 9.59 Å². The van der Waals surface area contributed by atoms with Crippen LogP contribution in [-0.2, 0) is 17.8 Å². The molecule has 1 aromatic heterocycles. The number of carbonyl (C=O) groups is 2. The molecule has 0 bridgehead atoms. The van der Waals surface area contributed by atoms with Crippen molar-refractivity contribution in [2.75, 3.05) is 26.2 Å². The number of benzene rings is 1. The summed E-state index contributed by atoms with van der Waals surface area (Å²) >= 11 is 0. The van der Waals surface area contributed by atoms with Gasteiger partial charge in [0, 0.05) is 45.1 Å². The Labute approximate surface area is 196 Å². The molecule has 0 aliphatic carbocycles. The van der Waals surface area contributed by atoms with Gasteiger partial charge in [0.05, 0.1) is 0 Å². The molecule has 0 radical (unpaired) electrons. The molecular formula is C27H34N4O2. The van der Waals surface area contributed by atoms with Gasteiger partial charge in [-0.05, 0) is 56.7 Å². The summed E-state index contributed by atoms with van der Waals surface area (Å²) in [7, 11) is 0. The Balaban J connectivity index is 1.50. The monoisotopic (exact) mass is 446 g/mol. The van der Waals surface area contributed by atoms with Crippen LogP contribution in [0.25, 0.3) is 0 Å². The van der Waals surface area contributed by atoms with Crippen molar-refractivity contribution in [3.63, 3.8) is 0 Å². The van der Waals surface area contributed by atoms with E-state index in [1.54, 1.807) is 6.20 Å². The van der Waals surface area contributed by atoms with Crippen LogP contribution in [0, 0.1) is 0 Å². The molecule has 0 saturated carbocycles. The molecule has 0 unspecified atom stereocenters. The number of piperidine rings is 1. The molecule has 174 valence electrons. The molecule has 33 heavy (non-hydrogen) atoms. The lowest BCUT2D eigenvalue weighted by Crippen LogP contribution is -2.56. The summed E-state index contributed by atoms with van der Waals surface area (Å²) in [6, 6.07) is 13.8. The highest BCUT2D eigenvalue weighted by molar-refractivity contribution is 6.07. The van der Waals surface area contributed by atoms with Gasteiger partial charge in [-0.1, -0.05) is 48.0 Å². The number of hydrogen-bond donors (Lipinski definition) is 0. The number of nitrogens with zero attached hydrogens (tertiary/aromatic N) is 4. The second-order valence-electron chi connectivity index (χ2n) is 9.39. The van der Waals surface area contributed by atoms with Crippen molar-refractivity contribution in [3.05, 3.63) is 77.6 Å². The third-order valence-corrected chi connectivity index (χ3v) is 6.82. The predicted octanol–water partition coefficient (Wildman–Crippen LogP) is 4.28. The minimum absolute atomic E-state index is 0.0171. The topological polar surface area (TPSA) is 56.8 Å². The van der Waals surface area contributed by atoms with Gasteiger partial charge >= 0.3 is 6.03 Å². The first-order chi connectivity index (χ1) is 16.0. The summed E-state index contributed by atoms with van der Waals surface area (Å²) in [4.78, 5) is 37.2. The number of aromatic nitrogens is 1. The van der Waals surface area contributed by atoms with E-state index in [4.69, 9.17) is 0 Å². The average Bonchev–Trinajstić information content (AvgIpc) is 3.01. The van der Waals surface area contributed by atoms with Gasteiger partial charge < -0.3 is 4.90 Å². The first-order valence-electron chi connectivity index (χ1n) is 11.9. The lowest BCUT2D eigenvalue weighted by atomic mass is 9.85. The molecule has 3 heterocycles. The molecule has 2 aromatic rings. The first-order valence-corrected chi connectivity index (χ1v) is 11.9. The molecule has 6 heteroatoms. The summed E-state index contributed by atoms with van der Waals surface area (Å²) in [6.07, 6.45) is 8.73. The van der Waals surface area contributed by atoms with E-state index in [1.165, 1.54) is 10.5 Å². The first kappa shape index (κ1) is 23.2. The molecule has 0 N–H and O–H groups in total. The number of aryl methyl sites for hydroxylation is 1. The van der Waals surface area contributed by atoms with E-state index in [0.717, 1.165) is 43.6 Å². The standard InChI is InChI=1S/C27H34N4O2/c1-22(2)12-17-29-18-13-27(14-19-29)25(32)30(16-7-11-23-10-6-15-28-20-23)26(33)31(27)21-24-8-4-3-5-9-24/h3-6,8-10,12,15,20H,7,11,13-14,16-19,21H2,1-2H3. The maximum Gasteiger partial charge on any atom is 0.327 e. The van der Waals surface area contributed by atoms with E-state index in [-0.39, 0.29) is 11.9 Å². The smallest absolute Gasteiger partial charge is 0.305 e. The Morgan fingerprint density at radius 3 is 2.42 bits per heavy atom. The zero-order valence-electron chi connectivity index (χ0n) is 19.7. The van der Waals surface area contributed by atoms with E-state index >= 15 is 0 Å². The highest BCUT2D eigenvalue weighted by Crippen LogP contribution is 2.38. The number of rotatable bonds is 8. The second-order valence-corrected chi connectivity index (χ2v) is 9.39. The minimum atomic E-state index is -0.733. The van der Waals surface area contributed by atoms with Crippen molar-refractivity contribution < 1.29 is 9.59 Å². The second kappa shape index (κ2) is 10.3. The van der Waals surface area contributed by atoms with Crippen LogP contribution in [0.15, 0.2) is 66.5 Å². The molecule has 3 amide bonds. The lowest BCUT2D eigenvalue weighted by molar-refractivity contribution is -0.135. The van der Waals surface area contributed by atoms with E-state index in [1.807, 2.05) is 53.6 Å². The Morgan fingerprint density at radius 1 is 1.03 bits per heavy atom. The zero-order chi connectivity index (χ0) is 23.3. The Hall–Kier alpha value is -2.99. The van der Waals surface area contributed by atoms with Crippen LogP contribution >= 0.6 is 0 Å². The fourth-order valence-corrected chi connectivity index (χ4v) is 4.85. The third-order valence-electron chi connectivity index (χ3n) is 6.82. The molecule has 1 aromatic carbocycles. The number of pyridine rings is 1. The number of hydrogen-bond acceptors (Lipinski definition) is 4. The number of carbonyl (C=O) groups excluding carboxylic acids is 2. The SMILES string of the molecule is CC(C)=CCN1CCC2(CC1)C(=O)N(CCCc1cccnc1)C(=O)N2Cc1ccccc1. The normalized spacial score (nSPS) is 18.2. The van der Waals surface area contributed by atoms with Crippen molar-refractivity contribution in [2.45, 2.75) is 51.6 Å². The Morgan fingerprint density at radius 2 is 1.76 bits per heavy atom. The van der Waals surface area contributed by atoms with Crippen LogP contribution in [0.3, 0.4) is 0 Å². The molecule has 2 saturated heterocycles. The molecule has 0 atom stereocenters. The fourth-order valence-electron chi connectivity index (χ4n) is 4.85. The molecule has 2 fully saturated rings. The Kier molecular flexibility index (Phi) is 7.23. The average molecular weight is 447 g/mol. The van der Waals surface area contributed by atoms with Crippen LogP contribution in [-0.4, -0.2) is 63.3 Å². The number of likely N-dealkylation sites (tertiary alicyclic amines) is 1. The van der Waals surface area contributed by atoms with Crippen molar-refractivity contribution in [1.82, 2.24) is 19.7 Å². The van der Waals surface area contributed by atoms with Gasteiger partial charge in [0.15, 0.2) is 0 Å². The van der Waals surface area contributed by atoms with E-state index < -0.39 is 5.54 Å². The highest BCUT2D eigenvalue weighted by atomic mass is 16.2. The van der Waals surface area contributed by atoms with Crippen LogP contribution in [0.1, 0.15) is 44.2 Å². The lowest BCUT2D eigenvalue weighted by Gasteiger charge is -2.42. The summed E-state index contributed by atoms with van der Waals surface area (Å²) in [6.45, 7) is 7.66. The number of imide groups is 1. The molecule has 4 rings (SSSR count). The number of amides is 3. The molecule has 6 nitrogen and oxygen atoms in total. The van der Waals surface area contributed by atoms with Gasteiger partial charge in [0.25, 0.3) is 5.91 Å². The number of urea groups is 1. The maximum absolute atomic E-state index is 13.7. The quantitative estimate of drug-likeness (QED) is 0.449. The van der Waals surface area contributed by atoms with E-state index in [0.29, 0.717) is 25.9 Å². The van der Waals surface area contributed by atoms with Crippen LogP contribution < -0.4 is 0 Å². The molecule has 2 aliphatic rings. The molecular weight excluding hydrogens is 412 g/mol. The number of allylic oxidation sites excluding steroid dienone is 1. The van der Waals surface area contributed by atoms with Gasteiger partial charge in [-0.15, -0.1) is 0 Å². The van der Waals surface area contributed by atoms with Gasteiger partial charge in [0.1, 0.15) is 5.54 Å². The highest BCUT2D eigenvalue weighted by Gasteiger charge is 2.57. The maximum atomic E-state index is 13.7. The van der Waals surface area contributed by atoms with Crippen molar-refractivity contribution in [1.29, 1.82) is 0 Å². The summed E-state index contributed by atoms with van der Waals surface area (Å²) in [5.74, 6) is -0.0171. The van der Waals surface area contributed by atoms with Gasteiger partial charge in [0.2, 0.25) is 0 Å². The van der Waals surface area contributed by atoms with Crippen molar-refractivity contribution >= 4 is 11.9 Å². The van der Waals surface area contributed by atoms with Crippen LogP contribution in [0.5, 0.6) is 0 Å². The largest absolute Gasteiger partial charge is 0.327 e. The minimum Gasteiger partial charge on any atom is -0.305 e. The van der Waals surface area contributed by atoms with Gasteiger partial charge in [-0.25, -0.2) is 4.79 Å². The Bertz CT molecular complexity index is 978. The van der Waals surface area contributed by atoms with Gasteiger partial charge in [-0.2, -0.15) is 0 Å². The van der Waals surface area contributed by atoms with Crippen molar-refractivity contribution in [3.8, 4) is 0 Å². The van der Waals surface area contributed by atoms with Crippen molar-refractivity contribution in [2.24, 2.45) is 0 Å².